The van der Waals surface area contributed by atoms with Crippen molar-refractivity contribution in [3.8, 4) is 0 Å². The van der Waals surface area contributed by atoms with Gasteiger partial charge < -0.3 is 10.1 Å². The number of carbonyl (C=O) groups excluding carboxylic acids is 1. The highest BCUT2D eigenvalue weighted by molar-refractivity contribution is 7.89. The first-order valence-corrected chi connectivity index (χ1v) is 10.3. The van der Waals surface area contributed by atoms with Gasteiger partial charge in [0.15, 0.2) is 0 Å². The second kappa shape index (κ2) is 7.37. The van der Waals surface area contributed by atoms with Crippen LogP contribution in [0.3, 0.4) is 0 Å². The van der Waals surface area contributed by atoms with Gasteiger partial charge in [0.1, 0.15) is 19.2 Å². The van der Waals surface area contributed by atoms with Crippen molar-refractivity contribution in [1.82, 2.24) is 24.4 Å². The normalized spacial score (nSPS) is 20.4. The molecule has 1 aliphatic heterocycles. The zero-order valence-electron chi connectivity index (χ0n) is 14.7. The monoisotopic (exact) mass is 391 g/mol. The van der Waals surface area contributed by atoms with Crippen molar-refractivity contribution in [3.05, 3.63) is 42.0 Å². The van der Waals surface area contributed by atoms with Gasteiger partial charge in [0, 0.05) is 13.1 Å². The zero-order valence-corrected chi connectivity index (χ0v) is 15.6. The Labute approximate surface area is 157 Å². The van der Waals surface area contributed by atoms with E-state index in [1.54, 1.807) is 12.1 Å². The molecular formula is C17H21N5O4S. The van der Waals surface area contributed by atoms with E-state index in [0.717, 1.165) is 24.0 Å². The predicted octanol–water partition coefficient (Wildman–Crippen LogP) is 0.103. The van der Waals surface area contributed by atoms with Crippen molar-refractivity contribution >= 4 is 15.9 Å². The molecule has 4 rings (SSSR count). The summed E-state index contributed by atoms with van der Waals surface area (Å²) in [5.41, 5.74) is 1.94. The van der Waals surface area contributed by atoms with Gasteiger partial charge in [-0.1, -0.05) is 6.07 Å². The number of nitrogens with one attached hydrogen (secondary N) is 1. The Morgan fingerprint density at radius 2 is 2.11 bits per heavy atom. The van der Waals surface area contributed by atoms with E-state index in [9.17, 15) is 13.2 Å². The van der Waals surface area contributed by atoms with Gasteiger partial charge in [-0.3, -0.25) is 4.79 Å². The van der Waals surface area contributed by atoms with Crippen LogP contribution in [0.15, 0.2) is 35.7 Å². The molecule has 0 bridgehead atoms. The minimum Gasteiger partial charge on any atom is -0.379 e. The number of hydrogen-bond acceptors (Lipinski definition) is 6. The van der Waals surface area contributed by atoms with Gasteiger partial charge in [-0.05, 0) is 36.1 Å². The topological polar surface area (TPSA) is 106 Å². The molecule has 1 N–H and O–H groups in total. The Morgan fingerprint density at radius 1 is 1.30 bits per heavy atom. The van der Waals surface area contributed by atoms with Crippen LogP contribution < -0.4 is 5.32 Å². The fourth-order valence-corrected chi connectivity index (χ4v) is 4.97. The van der Waals surface area contributed by atoms with Crippen molar-refractivity contribution in [2.45, 2.75) is 30.3 Å². The van der Waals surface area contributed by atoms with Crippen LogP contribution >= 0.6 is 0 Å². The number of amides is 1. The van der Waals surface area contributed by atoms with Crippen molar-refractivity contribution < 1.29 is 17.9 Å². The van der Waals surface area contributed by atoms with Gasteiger partial charge in [-0.25, -0.2) is 18.1 Å². The van der Waals surface area contributed by atoms with Crippen molar-refractivity contribution in [1.29, 1.82) is 0 Å². The van der Waals surface area contributed by atoms with Crippen molar-refractivity contribution in [2.24, 2.45) is 0 Å². The Hall–Kier alpha value is -2.30. The van der Waals surface area contributed by atoms with Gasteiger partial charge in [0.25, 0.3) is 0 Å². The van der Waals surface area contributed by atoms with Gasteiger partial charge >= 0.3 is 0 Å². The summed E-state index contributed by atoms with van der Waals surface area (Å²) in [6.45, 7) is 1.61. The van der Waals surface area contributed by atoms with Crippen LogP contribution in [0, 0.1) is 0 Å². The minimum atomic E-state index is -3.56. The van der Waals surface area contributed by atoms with Crippen LogP contribution in [0.2, 0.25) is 0 Å². The van der Waals surface area contributed by atoms with Crippen LogP contribution in [0.5, 0.6) is 0 Å². The summed E-state index contributed by atoms with van der Waals surface area (Å²) in [6, 6.07) is 5.01. The van der Waals surface area contributed by atoms with Gasteiger partial charge in [0.05, 0.1) is 24.2 Å². The lowest BCUT2D eigenvalue weighted by Gasteiger charge is -2.26. The SMILES string of the molecule is O=C(Cn1cncn1)N[C@@H]1CCc2ccc(S(=O)(=O)N3CCOCC3)cc21. The highest BCUT2D eigenvalue weighted by Gasteiger charge is 2.30. The van der Waals surface area contributed by atoms with Gasteiger partial charge in [-0.15, -0.1) is 0 Å². The van der Waals surface area contributed by atoms with Crippen molar-refractivity contribution in [3.63, 3.8) is 0 Å². The first-order chi connectivity index (χ1) is 13.0. The smallest absolute Gasteiger partial charge is 0.243 e. The van der Waals surface area contributed by atoms with E-state index in [1.807, 2.05) is 6.07 Å². The van der Waals surface area contributed by atoms with E-state index >= 15 is 0 Å². The maximum absolute atomic E-state index is 12.9. The highest BCUT2D eigenvalue weighted by atomic mass is 32.2. The molecule has 2 aliphatic rings. The van der Waals surface area contributed by atoms with E-state index in [2.05, 4.69) is 15.4 Å². The van der Waals surface area contributed by atoms with Gasteiger partial charge in [0.2, 0.25) is 15.9 Å². The molecule has 1 fully saturated rings. The molecule has 144 valence electrons. The molecule has 1 aromatic heterocycles. The molecule has 2 aromatic rings. The summed E-state index contributed by atoms with van der Waals surface area (Å²) in [5, 5.41) is 6.90. The third-order valence-corrected chi connectivity index (χ3v) is 6.80. The fourth-order valence-electron chi connectivity index (χ4n) is 3.53. The molecular weight excluding hydrogens is 370 g/mol. The molecule has 1 atom stereocenters. The summed E-state index contributed by atoms with van der Waals surface area (Å²) >= 11 is 0. The molecule has 27 heavy (non-hydrogen) atoms. The summed E-state index contributed by atoms with van der Waals surface area (Å²) in [7, 11) is -3.56. The molecule has 0 saturated carbocycles. The van der Waals surface area contributed by atoms with Crippen LogP contribution in [0.25, 0.3) is 0 Å². The van der Waals surface area contributed by atoms with Crippen LogP contribution in [-0.2, 0) is 32.5 Å². The number of nitrogens with zero attached hydrogens (tertiary/aromatic N) is 4. The predicted molar refractivity (Wildman–Crippen MR) is 95.2 cm³/mol. The lowest BCUT2D eigenvalue weighted by Crippen LogP contribution is -2.40. The van der Waals surface area contributed by atoms with E-state index in [-0.39, 0.29) is 23.4 Å². The molecule has 1 aliphatic carbocycles. The summed E-state index contributed by atoms with van der Waals surface area (Å²) in [4.78, 5) is 16.3. The average molecular weight is 391 g/mol. The number of aromatic nitrogens is 3. The third-order valence-electron chi connectivity index (χ3n) is 4.91. The van der Waals surface area contributed by atoms with E-state index < -0.39 is 10.0 Å². The fraction of sp³-hybridized carbons (Fsp3) is 0.471. The number of carbonyl (C=O) groups is 1. The van der Waals surface area contributed by atoms with E-state index in [0.29, 0.717) is 26.3 Å². The highest BCUT2D eigenvalue weighted by Crippen LogP contribution is 2.33. The second-order valence-corrected chi connectivity index (χ2v) is 8.57. The number of morpholine rings is 1. The lowest BCUT2D eigenvalue weighted by molar-refractivity contribution is -0.122. The Morgan fingerprint density at radius 3 is 2.85 bits per heavy atom. The van der Waals surface area contributed by atoms with Crippen molar-refractivity contribution in [2.75, 3.05) is 26.3 Å². The maximum atomic E-state index is 12.9. The molecule has 1 aromatic carbocycles. The second-order valence-electron chi connectivity index (χ2n) is 6.63. The van der Waals surface area contributed by atoms with E-state index in [4.69, 9.17) is 4.74 Å². The molecule has 9 nitrogen and oxygen atoms in total. The summed E-state index contributed by atoms with van der Waals surface area (Å²) < 4.78 is 33.9. The number of ether oxygens (including phenoxy) is 1. The van der Waals surface area contributed by atoms with Crippen LogP contribution in [0.4, 0.5) is 0 Å². The van der Waals surface area contributed by atoms with Gasteiger partial charge in [-0.2, -0.15) is 9.40 Å². The van der Waals surface area contributed by atoms with Crippen LogP contribution in [-0.4, -0.2) is 59.7 Å². The number of rotatable bonds is 5. The summed E-state index contributed by atoms with van der Waals surface area (Å²) in [6.07, 6.45) is 4.41. The lowest BCUT2D eigenvalue weighted by atomic mass is 10.1. The zero-order chi connectivity index (χ0) is 18.9. The number of aryl methyl sites for hydroxylation is 1. The standard InChI is InChI=1S/C17H21N5O4S/c23-17(10-21-12-18-11-19-21)20-16-4-2-13-1-3-14(9-15(13)16)27(24,25)22-5-7-26-8-6-22/h1,3,9,11-12,16H,2,4-8,10H2,(H,20,23)/t16-/m1/s1. The number of fused-ring (bicyclic) bond motifs is 1. The molecule has 1 saturated heterocycles. The Bertz CT molecular complexity index is 923. The molecule has 0 radical (unpaired) electrons. The quantitative estimate of drug-likeness (QED) is 0.775. The Kier molecular flexibility index (Phi) is 4.94. The third kappa shape index (κ3) is 3.73. The van der Waals surface area contributed by atoms with Crippen LogP contribution in [0.1, 0.15) is 23.6 Å². The average Bonchev–Trinajstić information content (AvgIpc) is 3.32. The molecule has 2 heterocycles. The maximum Gasteiger partial charge on any atom is 0.243 e. The minimum absolute atomic E-state index is 0.0810. The largest absolute Gasteiger partial charge is 0.379 e. The molecule has 0 spiro atoms. The number of benzene rings is 1. The molecule has 0 unspecified atom stereocenters. The summed E-state index contributed by atoms with van der Waals surface area (Å²) in [5.74, 6) is -0.181. The molecule has 1 amide bonds. The van der Waals surface area contributed by atoms with E-state index in [1.165, 1.54) is 21.6 Å². The first-order valence-electron chi connectivity index (χ1n) is 8.86. The number of hydrogen-bond donors (Lipinski definition) is 1. The Balaban J connectivity index is 1.52. The first kappa shape index (κ1) is 18.1. The number of sulfonamides is 1. The molecule has 10 heteroatoms.